The van der Waals surface area contributed by atoms with Crippen LogP contribution in [0.15, 0.2) is 24.3 Å². The van der Waals surface area contributed by atoms with Gasteiger partial charge in [-0.3, -0.25) is 4.79 Å². The third-order valence-electron chi connectivity index (χ3n) is 3.59. The van der Waals surface area contributed by atoms with Crippen LogP contribution in [-0.2, 0) is 0 Å². The summed E-state index contributed by atoms with van der Waals surface area (Å²) in [4.78, 5) is 12.1. The molecule has 1 amide bonds. The molecule has 1 fully saturated rings. The molecule has 1 aromatic rings. The van der Waals surface area contributed by atoms with Crippen molar-refractivity contribution < 1.29 is 4.79 Å². The summed E-state index contributed by atoms with van der Waals surface area (Å²) < 4.78 is 0. The summed E-state index contributed by atoms with van der Waals surface area (Å²) in [7, 11) is 0. The quantitative estimate of drug-likeness (QED) is 0.859. The van der Waals surface area contributed by atoms with Crippen LogP contribution in [0.5, 0.6) is 0 Å². The molecule has 2 N–H and O–H groups in total. The molecule has 1 heterocycles. The summed E-state index contributed by atoms with van der Waals surface area (Å²) >= 11 is 0. The third-order valence-corrected chi connectivity index (χ3v) is 3.59. The lowest BCUT2D eigenvalue weighted by Crippen LogP contribution is -2.50. The van der Waals surface area contributed by atoms with Gasteiger partial charge in [-0.25, -0.2) is 0 Å². The van der Waals surface area contributed by atoms with Crippen molar-refractivity contribution in [2.75, 3.05) is 6.54 Å². The van der Waals surface area contributed by atoms with Gasteiger partial charge in [0.2, 0.25) is 0 Å². The molecule has 0 spiro atoms. The highest BCUT2D eigenvalue weighted by Gasteiger charge is 2.21. The Bertz CT molecular complexity index is 411. The lowest BCUT2D eigenvalue weighted by atomic mass is 9.99. The fraction of sp³-hybridized carbons (Fsp3) is 0.533. The second-order valence-electron chi connectivity index (χ2n) is 5.19. The van der Waals surface area contributed by atoms with E-state index in [1.807, 2.05) is 31.2 Å². The van der Waals surface area contributed by atoms with Crippen molar-refractivity contribution in [3.05, 3.63) is 35.4 Å². The first-order valence-electron chi connectivity index (χ1n) is 6.78. The Kier molecular flexibility index (Phi) is 4.37. The summed E-state index contributed by atoms with van der Waals surface area (Å²) in [5.74, 6) is 0.0265. The summed E-state index contributed by atoms with van der Waals surface area (Å²) in [6.45, 7) is 5.15. The third kappa shape index (κ3) is 3.33. The van der Waals surface area contributed by atoms with Gasteiger partial charge in [0.1, 0.15) is 0 Å². The Labute approximate surface area is 109 Å². The van der Waals surface area contributed by atoms with Gasteiger partial charge in [-0.15, -0.1) is 0 Å². The zero-order valence-electron chi connectivity index (χ0n) is 11.2. The molecule has 1 aliphatic heterocycles. The first kappa shape index (κ1) is 13.1. The topological polar surface area (TPSA) is 41.1 Å². The van der Waals surface area contributed by atoms with Crippen molar-refractivity contribution in [2.45, 2.75) is 45.2 Å². The van der Waals surface area contributed by atoms with E-state index in [2.05, 4.69) is 17.6 Å². The van der Waals surface area contributed by atoms with Crippen molar-refractivity contribution in [3.8, 4) is 0 Å². The Morgan fingerprint density at radius 2 is 2.28 bits per heavy atom. The molecule has 3 heteroatoms. The van der Waals surface area contributed by atoms with E-state index in [-0.39, 0.29) is 11.9 Å². The minimum atomic E-state index is 0.0265. The van der Waals surface area contributed by atoms with Gasteiger partial charge in [0.25, 0.3) is 5.91 Å². The van der Waals surface area contributed by atoms with Crippen LogP contribution in [0.2, 0.25) is 0 Å². The lowest BCUT2D eigenvalue weighted by molar-refractivity contribution is 0.0928. The molecular formula is C15H22N2O. The average molecular weight is 246 g/mol. The standard InChI is InChI=1S/C15H22N2O/c1-11-6-5-7-13(10-11)15(18)17-12(2)14-8-3-4-9-16-14/h5-7,10,12,14,16H,3-4,8-9H2,1-2H3,(H,17,18). The molecule has 2 unspecified atom stereocenters. The molecule has 2 atom stereocenters. The number of amides is 1. The molecule has 18 heavy (non-hydrogen) atoms. The molecule has 0 aromatic heterocycles. The van der Waals surface area contributed by atoms with Crippen LogP contribution >= 0.6 is 0 Å². The molecule has 1 aromatic carbocycles. The van der Waals surface area contributed by atoms with E-state index in [1.54, 1.807) is 0 Å². The maximum Gasteiger partial charge on any atom is 0.251 e. The minimum Gasteiger partial charge on any atom is -0.348 e. The van der Waals surface area contributed by atoms with Gasteiger partial charge in [-0.1, -0.05) is 24.1 Å². The van der Waals surface area contributed by atoms with Crippen molar-refractivity contribution >= 4 is 5.91 Å². The maximum absolute atomic E-state index is 12.1. The summed E-state index contributed by atoms with van der Waals surface area (Å²) in [6, 6.07) is 8.31. The van der Waals surface area contributed by atoms with Gasteiger partial charge in [0, 0.05) is 17.6 Å². The fourth-order valence-electron chi connectivity index (χ4n) is 2.48. The van der Waals surface area contributed by atoms with E-state index in [0.29, 0.717) is 6.04 Å². The molecule has 1 saturated heterocycles. The van der Waals surface area contributed by atoms with E-state index >= 15 is 0 Å². The number of piperidine rings is 1. The first-order valence-corrected chi connectivity index (χ1v) is 6.78. The molecule has 0 bridgehead atoms. The van der Waals surface area contributed by atoms with E-state index < -0.39 is 0 Å². The van der Waals surface area contributed by atoms with Gasteiger partial charge in [-0.05, 0) is 45.4 Å². The molecule has 0 aliphatic carbocycles. The normalized spacial score (nSPS) is 21.3. The second kappa shape index (κ2) is 6.01. The van der Waals surface area contributed by atoms with Crippen molar-refractivity contribution in [1.29, 1.82) is 0 Å². The summed E-state index contributed by atoms with van der Waals surface area (Å²) in [6.07, 6.45) is 3.65. The number of carbonyl (C=O) groups is 1. The average Bonchev–Trinajstić information content (AvgIpc) is 2.39. The first-order chi connectivity index (χ1) is 8.66. The minimum absolute atomic E-state index is 0.0265. The van der Waals surface area contributed by atoms with Crippen LogP contribution in [0, 0.1) is 6.92 Å². The van der Waals surface area contributed by atoms with Crippen LogP contribution in [-0.4, -0.2) is 24.5 Å². The van der Waals surface area contributed by atoms with Gasteiger partial charge >= 0.3 is 0 Å². The monoisotopic (exact) mass is 246 g/mol. The van der Waals surface area contributed by atoms with E-state index in [4.69, 9.17) is 0 Å². The highest BCUT2D eigenvalue weighted by molar-refractivity contribution is 5.94. The molecule has 0 radical (unpaired) electrons. The zero-order chi connectivity index (χ0) is 13.0. The maximum atomic E-state index is 12.1. The second-order valence-corrected chi connectivity index (χ2v) is 5.19. The largest absolute Gasteiger partial charge is 0.348 e. The van der Waals surface area contributed by atoms with E-state index in [9.17, 15) is 4.79 Å². The smallest absolute Gasteiger partial charge is 0.251 e. The Hall–Kier alpha value is -1.35. The van der Waals surface area contributed by atoms with Crippen LogP contribution in [0.25, 0.3) is 0 Å². The van der Waals surface area contributed by atoms with Crippen LogP contribution in [0.4, 0.5) is 0 Å². The number of rotatable bonds is 3. The fourth-order valence-corrected chi connectivity index (χ4v) is 2.48. The summed E-state index contributed by atoms with van der Waals surface area (Å²) in [5, 5.41) is 6.56. The molecular weight excluding hydrogens is 224 g/mol. The molecule has 0 saturated carbocycles. The summed E-state index contributed by atoms with van der Waals surface area (Å²) in [5.41, 5.74) is 1.86. The number of hydrogen-bond acceptors (Lipinski definition) is 2. The van der Waals surface area contributed by atoms with Crippen LogP contribution in [0.1, 0.15) is 42.1 Å². The molecule has 1 aliphatic rings. The highest BCUT2D eigenvalue weighted by Crippen LogP contribution is 2.11. The Morgan fingerprint density at radius 3 is 2.94 bits per heavy atom. The Balaban J connectivity index is 1.94. The van der Waals surface area contributed by atoms with Crippen molar-refractivity contribution in [1.82, 2.24) is 10.6 Å². The number of hydrogen-bond donors (Lipinski definition) is 2. The Morgan fingerprint density at radius 1 is 1.44 bits per heavy atom. The van der Waals surface area contributed by atoms with E-state index in [0.717, 1.165) is 24.1 Å². The predicted molar refractivity (Wildman–Crippen MR) is 73.7 cm³/mol. The van der Waals surface area contributed by atoms with Gasteiger partial charge in [0.15, 0.2) is 0 Å². The van der Waals surface area contributed by atoms with E-state index in [1.165, 1.54) is 12.8 Å². The predicted octanol–water partition coefficient (Wildman–Crippen LogP) is 2.26. The lowest BCUT2D eigenvalue weighted by Gasteiger charge is -2.29. The van der Waals surface area contributed by atoms with Gasteiger partial charge in [0.05, 0.1) is 0 Å². The number of carbonyl (C=O) groups excluding carboxylic acids is 1. The highest BCUT2D eigenvalue weighted by atomic mass is 16.1. The van der Waals surface area contributed by atoms with Crippen LogP contribution < -0.4 is 10.6 Å². The van der Waals surface area contributed by atoms with Crippen LogP contribution in [0.3, 0.4) is 0 Å². The number of nitrogens with one attached hydrogen (secondary N) is 2. The number of benzene rings is 1. The zero-order valence-corrected chi connectivity index (χ0v) is 11.2. The van der Waals surface area contributed by atoms with Crippen molar-refractivity contribution in [2.24, 2.45) is 0 Å². The number of aryl methyl sites for hydroxylation is 1. The van der Waals surface area contributed by atoms with Gasteiger partial charge < -0.3 is 10.6 Å². The molecule has 2 rings (SSSR count). The molecule has 98 valence electrons. The van der Waals surface area contributed by atoms with Gasteiger partial charge in [-0.2, -0.15) is 0 Å². The van der Waals surface area contributed by atoms with Crippen molar-refractivity contribution in [3.63, 3.8) is 0 Å². The molecule has 3 nitrogen and oxygen atoms in total. The SMILES string of the molecule is Cc1cccc(C(=O)NC(C)C2CCCCN2)c1.